The molecule has 2 aromatic rings. The van der Waals surface area contributed by atoms with Gasteiger partial charge in [0.25, 0.3) is 0 Å². The number of halogens is 2. The summed E-state index contributed by atoms with van der Waals surface area (Å²) in [7, 11) is 3.77. The largest absolute Gasteiger partial charge is 0.352 e. The molecule has 1 amide bonds. The molecule has 0 heterocycles. The quantitative estimate of drug-likeness (QED) is 0.345. The molecule has 0 aliphatic rings. The van der Waals surface area contributed by atoms with Gasteiger partial charge in [0.1, 0.15) is 0 Å². The van der Waals surface area contributed by atoms with Crippen LogP contribution in [0, 0.1) is 0 Å². The van der Waals surface area contributed by atoms with Crippen LogP contribution in [0.3, 0.4) is 0 Å². The second kappa shape index (κ2) is 11.2. The van der Waals surface area contributed by atoms with E-state index in [1.54, 1.807) is 7.05 Å². The van der Waals surface area contributed by atoms with Crippen molar-refractivity contribution in [2.45, 2.75) is 20.0 Å². The first-order valence-corrected chi connectivity index (χ1v) is 8.80. The van der Waals surface area contributed by atoms with Gasteiger partial charge in [-0.25, -0.2) is 0 Å². The molecule has 2 aromatic carbocycles. The molecular weight excluding hydrogens is 507 g/mol. The highest BCUT2D eigenvalue weighted by Crippen LogP contribution is 2.17. The van der Waals surface area contributed by atoms with Crippen LogP contribution in [0.2, 0.25) is 0 Å². The van der Waals surface area contributed by atoms with Gasteiger partial charge in [-0.3, -0.25) is 9.79 Å². The van der Waals surface area contributed by atoms with Gasteiger partial charge in [0.2, 0.25) is 5.91 Å². The highest BCUT2D eigenvalue weighted by molar-refractivity contribution is 14.0. The minimum atomic E-state index is -0.0749. The zero-order chi connectivity index (χ0) is 18.2. The first-order valence-electron chi connectivity index (χ1n) is 8.01. The molecule has 0 saturated carbocycles. The van der Waals surface area contributed by atoms with E-state index in [2.05, 4.69) is 42.5 Å². The maximum absolute atomic E-state index is 11.2. The maximum atomic E-state index is 11.2. The van der Waals surface area contributed by atoms with Crippen LogP contribution in [0.5, 0.6) is 0 Å². The van der Waals surface area contributed by atoms with Crippen LogP contribution in [0.4, 0.5) is 5.69 Å². The lowest BCUT2D eigenvalue weighted by Gasteiger charge is -2.23. The fraction of sp³-hybridized carbons (Fsp3) is 0.263. The molecular formula is C19H24BrIN4O. The van der Waals surface area contributed by atoms with Crippen molar-refractivity contribution in [2.24, 2.45) is 4.99 Å². The standard InChI is InChI=1S/C19H23BrN4O.HI/c1-14(25)23-17-9-6-7-15(11-17)12-22-19(21-2)24(3)13-16-8-4-5-10-18(16)20;/h4-11H,12-13H2,1-3H3,(H,21,22)(H,23,25);1H. The van der Waals surface area contributed by atoms with Crippen molar-refractivity contribution in [3.05, 3.63) is 64.1 Å². The first kappa shape index (κ1) is 22.4. The van der Waals surface area contributed by atoms with Crippen LogP contribution in [-0.2, 0) is 17.9 Å². The molecule has 0 radical (unpaired) electrons. The number of nitrogens with zero attached hydrogens (tertiary/aromatic N) is 2. The van der Waals surface area contributed by atoms with Crippen molar-refractivity contribution < 1.29 is 4.79 Å². The van der Waals surface area contributed by atoms with Gasteiger partial charge in [-0.05, 0) is 29.3 Å². The molecule has 0 fully saturated rings. The fourth-order valence-electron chi connectivity index (χ4n) is 2.49. The molecule has 140 valence electrons. The van der Waals surface area contributed by atoms with Crippen LogP contribution < -0.4 is 10.6 Å². The molecule has 5 nitrogen and oxygen atoms in total. The van der Waals surface area contributed by atoms with Crippen molar-refractivity contribution in [1.29, 1.82) is 0 Å². The molecule has 2 N–H and O–H groups in total. The van der Waals surface area contributed by atoms with E-state index in [-0.39, 0.29) is 29.9 Å². The fourth-order valence-corrected chi connectivity index (χ4v) is 2.90. The number of hydrogen-bond acceptors (Lipinski definition) is 2. The Morgan fingerprint density at radius 3 is 2.58 bits per heavy atom. The average molecular weight is 531 g/mol. The highest BCUT2D eigenvalue weighted by Gasteiger charge is 2.08. The number of benzene rings is 2. The van der Waals surface area contributed by atoms with Crippen molar-refractivity contribution in [3.8, 4) is 0 Å². The molecule has 0 aliphatic carbocycles. The SMILES string of the molecule is CN=C(NCc1cccc(NC(C)=O)c1)N(C)Cc1ccccc1Br.I. The van der Waals surface area contributed by atoms with E-state index in [0.29, 0.717) is 6.54 Å². The Labute approximate surface area is 180 Å². The number of carbonyl (C=O) groups is 1. The summed E-state index contributed by atoms with van der Waals surface area (Å²) in [6.45, 7) is 2.87. The zero-order valence-corrected chi connectivity index (χ0v) is 19.0. The summed E-state index contributed by atoms with van der Waals surface area (Å²) in [6, 6.07) is 15.9. The summed E-state index contributed by atoms with van der Waals surface area (Å²) >= 11 is 3.58. The van der Waals surface area contributed by atoms with Crippen molar-refractivity contribution in [3.63, 3.8) is 0 Å². The van der Waals surface area contributed by atoms with E-state index in [9.17, 15) is 4.79 Å². The Kier molecular flexibility index (Phi) is 9.64. The number of aliphatic imine (C=N–C) groups is 1. The Bertz CT molecular complexity index is 767. The van der Waals surface area contributed by atoms with Gasteiger partial charge in [-0.2, -0.15) is 0 Å². The molecule has 0 aliphatic heterocycles. The third-order valence-corrected chi connectivity index (χ3v) is 4.41. The van der Waals surface area contributed by atoms with Gasteiger partial charge in [0, 0.05) is 44.3 Å². The summed E-state index contributed by atoms with van der Waals surface area (Å²) < 4.78 is 1.08. The van der Waals surface area contributed by atoms with Gasteiger partial charge in [0.15, 0.2) is 5.96 Å². The van der Waals surface area contributed by atoms with Gasteiger partial charge in [-0.1, -0.05) is 46.3 Å². The lowest BCUT2D eigenvalue weighted by atomic mass is 10.2. The van der Waals surface area contributed by atoms with Gasteiger partial charge in [0.05, 0.1) is 0 Å². The Morgan fingerprint density at radius 2 is 1.92 bits per heavy atom. The Morgan fingerprint density at radius 1 is 1.19 bits per heavy atom. The second-order valence-electron chi connectivity index (χ2n) is 5.73. The molecule has 0 atom stereocenters. The predicted molar refractivity (Wildman–Crippen MR) is 122 cm³/mol. The molecule has 7 heteroatoms. The number of carbonyl (C=O) groups excluding carboxylic acids is 1. The number of anilines is 1. The van der Waals surface area contributed by atoms with Crippen LogP contribution in [0.15, 0.2) is 58.0 Å². The van der Waals surface area contributed by atoms with E-state index in [1.165, 1.54) is 12.5 Å². The lowest BCUT2D eigenvalue weighted by Crippen LogP contribution is -2.38. The van der Waals surface area contributed by atoms with Gasteiger partial charge in [-0.15, -0.1) is 24.0 Å². The summed E-state index contributed by atoms with van der Waals surface area (Å²) in [5.41, 5.74) is 3.06. The van der Waals surface area contributed by atoms with E-state index < -0.39 is 0 Å². The number of amides is 1. The van der Waals surface area contributed by atoms with Gasteiger partial charge >= 0.3 is 0 Å². The Balaban J connectivity index is 0.00000338. The second-order valence-corrected chi connectivity index (χ2v) is 6.58. The lowest BCUT2D eigenvalue weighted by molar-refractivity contribution is -0.114. The van der Waals surface area contributed by atoms with E-state index in [1.807, 2.05) is 49.5 Å². The van der Waals surface area contributed by atoms with Crippen LogP contribution in [-0.4, -0.2) is 30.9 Å². The third-order valence-electron chi connectivity index (χ3n) is 3.64. The molecule has 26 heavy (non-hydrogen) atoms. The summed E-state index contributed by atoms with van der Waals surface area (Å²) in [6.07, 6.45) is 0. The summed E-state index contributed by atoms with van der Waals surface area (Å²) in [4.78, 5) is 17.6. The Hall–Kier alpha value is -1.61. The van der Waals surface area contributed by atoms with Crippen LogP contribution in [0.25, 0.3) is 0 Å². The molecule has 2 rings (SSSR count). The maximum Gasteiger partial charge on any atom is 0.221 e. The normalized spacial score (nSPS) is 10.7. The first-order chi connectivity index (χ1) is 12.0. The number of hydrogen-bond donors (Lipinski definition) is 2. The van der Waals surface area contributed by atoms with Gasteiger partial charge < -0.3 is 15.5 Å². The van der Waals surface area contributed by atoms with E-state index in [4.69, 9.17) is 0 Å². The smallest absolute Gasteiger partial charge is 0.221 e. The summed E-state index contributed by atoms with van der Waals surface area (Å²) in [5, 5.41) is 6.15. The van der Waals surface area contributed by atoms with Crippen molar-refractivity contribution >= 4 is 57.5 Å². The zero-order valence-electron chi connectivity index (χ0n) is 15.1. The molecule has 0 unspecified atom stereocenters. The molecule has 0 spiro atoms. The number of rotatable bonds is 5. The average Bonchev–Trinajstić information content (AvgIpc) is 2.57. The predicted octanol–water partition coefficient (Wildman–Crippen LogP) is 4.23. The van der Waals surface area contributed by atoms with Crippen LogP contribution in [0.1, 0.15) is 18.1 Å². The third kappa shape index (κ3) is 6.95. The minimum absolute atomic E-state index is 0. The topological polar surface area (TPSA) is 56.7 Å². The van der Waals surface area contributed by atoms with E-state index in [0.717, 1.165) is 28.2 Å². The summed E-state index contributed by atoms with van der Waals surface area (Å²) in [5.74, 6) is 0.731. The van der Waals surface area contributed by atoms with Crippen molar-refractivity contribution in [1.82, 2.24) is 10.2 Å². The molecule has 0 aromatic heterocycles. The van der Waals surface area contributed by atoms with Crippen LogP contribution >= 0.6 is 39.9 Å². The molecule has 0 saturated heterocycles. The monoisotopic (exact) mass is 530 g/mol. The number of guanidine groups is 1. The van der Waals surface area contributed by atoms with E-state index >= 15 is 0 Å². The highest BCUT2D eigenvalue weighted by atomic mass is 127. The minimum Gasteiger partial charge on any atom is -0.352 e. The van der Waals surface area contributed by atoms with Crippen molar-refractivity contribution in [2.75, 3.05) is 19.4 Å². The number of nitrogens with one attached hydrogen (secondary N) is 2. The molecule has 0 bridgehead atoms.